The number of hydrogen-bond acceptors (Lipinski definition) is 9. The number of nitrogens with one attached hydrogen (secondary N) is 1. The van der Waals surface area contributed by atoms with Gasteiger partial charge in [-0.1, -0.05) is 19.9 Å². The quantitative estimate of drug-likeness (QED) is 0.360. The Balaban J connectivity index is 1.60. The molecule has 1 aromatic heterocycles. The number of phenolic OH excluding ortho intramolecular Hbond substituents is 1. The minimum atomic E-state index is -2.81. The SMILES string of the molecule is CN(C)[C@@H]1C(=O)C(C(N)=O)C(=O)[C@@]2(O)C(=O)C3C(=O)c4c(O)ccc(CNCc5cccn5C)c4C[C@@]3(C)C[C@@]12C. The monoisotopic (exact) mass is 564 g/mol. The molecule has 5 rings (SSSR count). The van der Waals surface area contributed by atoms with Crippen molar-refractivity contribution < 1.29 is 34.2 Å². The second-order valence-electron chi connectivity index (χ2n) is 12.6. The van der Waals surface area contributed by atoms with E-state index in [-0.39, 0.29) is 24.2 Å². The van der Waals surface area contributed by atoms with Crippen molar-refractivity contribution in [2.75, 3.05) is 14.1 Å². The number of rotatable bonds is 6. The van der Waals surface area contributed by atoms with E-state index in [1.165, 1.54) is 17.9 Å². The number of fused-ring (bicyclic) bond motifs is 3. The van der Waals surface area contributed by atoms with Crippen LogP contribution >= 0.6 is 0 Å². The Morgan fingerprint density at radius 3 is 2.39 bits per heavy atom. The lowest BCUT2D eigenvalue weighted by atomic mass is 9.42. The van der Waals surface area contributed by atoms with Gasteiger partial charge in [0.25, 0.3) is 0 Å². The lowest BCUT2D eigenvalue weighted by Crippen LogP contribution is -2.79. The Hall–Kier alpha value is -3.67. The average molecular weight is 565 g/mol. The molecule has 1 heterocycles. The number of carbonyl (C=O) groups excluding carboxylic acids is 5. The molecule has 3 aliphatic carbocycles. The summed E-state index contributed by atoms with van der Waals surface area (Å²) in [6.45, 7) is 4.18. The van der Waals surface area contributed by atoms with Gasteiger partial charge < -0.3 is 25.8 Å². The molecule has 0 bridgehead atoms. The maximum Gasteiger partial charge on any atom is 0.235 e. The number of likely N-dealkylation sites (N-methyl/N-ethyl adjacent to an activating group) is 1. The van der Waals surface area contributed by atoms with Gasteiger partial charge in [0.05, 0.1) is 17.5 Å². The van der Waals surface area contributed by atoms with Crippen LogP contribution in [0.3, 0.4) is 0 Å². The van der Waals surface area contributed by atoms with E-state index in [1.807, 2.05) is 29.9 Å². The Morgan fingerprint density at radius 2 is 1.80 bits per heavy atom. The number of aromatic nitrogens is 1. The van der Waals surface area contributed by atoms with E-state index in [4.69, 9.17) is 5.73 Å². The van der Waals surface area contributed by atoms with Crippen LogP contribution in [0.25, 0.3) is 0 Å². The zero-order valence-corrected chi connectivity index (χ0v) is 23.9. The molecule has 1 aromatic carbocycles. The Labute approximate surface area is 237 Å². The number of phenols is 1. The molecule has 11 nitrogen and oxygen atoms in total. The lowest BCUT2D eigenvalue weighted by Gasteiger charge is -2.61. The smallest absolute Gasteiger partial charge is 0.235 e. The molecule has 0 saturated heterocycles. The molecule has 41 heavy (non-hydrogen) atoms. The predicted octanol–water partition coefficient (Wildman–Crippen LogP) is 0.276. The summed E-state index contributed by atoms with van der Waals surface area (Å²) < 4.78 is 1.99. The third-order valence-corrected chi connectivity index (χ3v) is 9.64. The van der Waals surface area contributed by atoms with Crippen LogP contribution < -0.4 is 11.1 Å². The first-order valence-corrected chi connectivity index (χ1v) is 13.6. The fourth-order valence-electron chi connectivity index (χ4n) is 7.95. The first-order chi connectivity index (χ1) is 19.1. The standard InChI is InChI=1S/C30H36N4O7/c1-28-11-17-15(12-32-13-16-7-6-10-34(16)5)8-9-18(35)19(17)22(36)21(28)26(39)30(41)25(38)20(27(31)40)23(37)24(33(3)4)29(30,2)14-28/h6-10,20-21,24,32,35,41H,11-14H2,1-5H3,(H2,31,40)/t20?,21?,24-,28+,29+,30-/m1/s1. The van der Waals surface area contributed by atoms with Crippen LogP contribution in [0.1, 0.15) is 47.4 Å². The Bertz CT molecular complexity index is 1510. The summed E-state index contributed by atoms with van der Waals surface area (Å²) in [4.78, 5) is 69.2. The number of Topliss-reactive ketones (excluding diaryl/α,β-unsaturated/α-hetero) is 4. The highest BCUT2D eigenvalue weighted by Crippen LogP contribution is 2.61. The van der Waals surface area contributed by atoms with E-state index in [0.717, 1.165) is 11.3 Å². The third-order valence-electron chi connectivity index (χ3n) is 9.64. The van der Waals surface area contributed by atoms with Gasteiger partial charge in [0.15, 0.2) is 34.7 Å². The highest BCUT2D eigenvalue weighted by molar-refractivity contribution is 6.33. The van der Waals surface area contributed by atoms with E-state index in [2.05, 4.69) is 5.32 Å². The summed E-state index contributed by atoms with van der Waals surface area (Å²) >= 11 is 0. The zero-order valence-electron chi connectivity index (χ0n) is 23.9. The van der Waals surface area contributed by atoms with Crippen molar-refractivity contribution in [3.05, 3.63) is 52.8 Å². The minimum Gasteiger partial charge on any atom is -0.507 e. The van der Waals surface area contributed by atoms with Gasteiger partial charge in [-0.25, -0.2) is 0 Å². The number of aliphatic hydroxyl groups is 1. The van der Waals surface area contributed by atoms with Crippen LogP contribution in [-0.2, 0) is 45.7 Å². The molecule has 6 atom stereocenters. The van der Waals surface area contributed by atoms with Crippen molar-refractivity contribution in [1.82, 2.24) is 14.8 Å². The van der Waals surface area contributed by atoms with Crippen molar-refractivity contribution in [2.45, 2.75) is 51.4 Å². The first-order valence-electron chi connectivity index (χ1n) is 13.6. The number of carbonyl (C=O) groups is 5. The summed E-state index contributed by atoms with van der Waals surface area (Å²) in [6, 6.07) is 5.87. The maximum absolute atomic E-state index is 14.3. The maximum atomic E-state index is 14.3. The zero-order chi connectivity index (χ0) is 30.2. The predicted molar refractivity (Wildman–Crippen MR) is 147 cm³/mol. The summed E-state index contributed by atoms with van der Waals surface area (Å²) in [5.41, 5.74) is 2.25. The second kappa shape index (κ2) is 9.43. The fraction of sp³-hybridized carbons (Fsp3) is 0.500. The molecule has 5 N–H and O–H groups in total. The van der Waals surface area contributed by atoms with Gasteiger partial charge in [-0.2, -0.15) is 0 Å². The second-order valence-corrected chi connectivity index (χ2v) is 12.6. The van der Waals surface area contributed by atoms with Crippen molar-refractivity contribution in [3.63, 3.8) is 0 Å². The molecule has 0 spiro atoms. The molecule has 2 saturated carbocycles. The average Bonchev–Trinajstić information content (AvgIpc) is 3.26. The van der Waals surface area contributed by atoms with Gasteiger partial charge in [-0.15, -0.1) is 0 Å². The van der Waals surface area contributed by atoms with Crippen LogP contribution in [0.4, 0.5) is 0 Å². The van der Waals surface area contributed by atoms with Gasteiger partial charge in [-0.05, 0) is 61.7 Å². The van der Waals surface area contributed by atoms with Crippen LogP contribution in [0.15, 0.2) is 30.5 Å². The van der Waals surface area contributed by atoms with Gasteiger partial charge in [0, 0.05) is 37.4 Å². The van der Waals surface area contributed by atoms with E-state index < -0.39 is 63.3 Å². The van der Waals surface area contributed by atoms with E-state index in [9.17, 15) is 34.2 Å². The number of hydrogen-bond donors (Lipinski definition) is 4. The highest BCUT2D eigenvalue weighted by atomic mass is 16.3. The number of ketones is 4. The number of nitrogens with two attached hydrogens (primary N) is 1. The Morgan fingerprint density at radius 1 is 1.12 bits per heavy atom. The number of amides is 1. The van der Waals surface area contributed by atoms with Crippen molar-refractivity contribution >= 4 is 29.0 Å². The molecule has 1 amide bonds. The van der Waals surface area contributed by atoms with Gasteiger partial charge in [0.1, 0.15) is 5.75 Å². The molecule has 3 aliphatic rings. The van der Waals surface area contributed by atoms with E-state index >= 15 is 0 Å². The van der Waals surface area contributed by atoms with E-state index in [0.29, 0.717) is 18.7 Å². The number of nitrogens with zero attached hydrogens (tertiary/aromatic N) is 2. The molecule has 2 unspecified atom stereocenters. The van der Waals surface area contributed by atoms with Gasteiger partial charge in [-0.3, -0.25) is 28.9 Å². The van der Waals surface area contributed by atoms with Crippen molar-refractivity contribution in [1.29, 1.82) is 0 Å². The summed E-state index contributed by atoms with van der Waals surface area (Å²) in [6.07, 6.45) is 2.08. The van der Waals surface area contributed by atoms with Crippen molar-refractivity contribution in [3.8, 4) is 5.75 Å². The lowest BCUT2D eigenvalue weighted by molar-refractivity contribution is -0.203. The number of benzene rings is 1. The molecular formula is C30H36N4O7. The van der Waals surface area contributed by atoms with Crippen LogP contribution in [0.5, 0.6) is 5.75 Å². The number of aromatic hydroxyl groups is 1. The molecule has 0 radical (unpaired) electrons. The topological polar surface area (TPSA) is 172 Å². The normalized spacial score (nSPS) is 33.0. The molecule has 11 heteroatoms. The summed E-state index contributed by atoms with van der Waals surface area (Å²) in [5.74, 6) is -8.87. The summed E-state index contributed by atoms with van der Waals surface area (Å²) in [5, 5.41) is 26.2. The molecule has 2 fully saturated rings. The highest BCUT2D eigenvalue weighted by Gasteiger charge is 2.76. The van der Waals surface area contributed by atoms with Crippen molar-refractivity contribution in [2.24, 2.45) is 35.4 Å². The fourth-order valence-corrected chi connectivity index (χ4v) is 7.95. The van der Waals surface area contributed by atoms with Gasteiger partial charge in [0.2, 0.25) is 5.91 Å². The van der Waals surface area contributed by atoms with Gasteiger partial charge >= 0.3 is 0 Å². The number of primary amides is 1. The van der Waals surface area contributed by atoms with Crippen LogP contribution in [0.2, 0.25) is 0 Å². The number of aryl methyl sites for hydroxylation is 1. The third kappa shape index (κ3) is 3.86. The minimum absolute atomic E-state index is 0.0128. The molecular weight excluding hydrogens is 528 g/mol. The molecule has 2 aromatic rings. The van der Waals surface area contributed by atoms with Crippen LogP contribution in [-0.4, -0.2) is 74.5 Å². The molecule has 0 aliphatic heterocycles. The Kier molecular flexibility index (Phi) is 6.64. The van der Waals surface area contributed by atoms with Crippen LogP contribution in [0, 0.1) is 22.7 Å². The largest absolute Gasteiger partial charge is 0.507 e. The first kappa shape index (κ1) is 28.8. The molecule has 218 valence electrons. The van der Waals surface area contributed by atoms with E-state index in [1.54, 1.807) is 27.1 Å². The summed E-state index contributed by atoms with van der Waals surface area (Å²) in [7, 11) is 5.07.